The Hall–Kier alpha value is -0.0800. The minimum atomic E-state index is 0.0833. The zero-order chi connectivity index (χ0) is 6.04. The normalized spacial score (nSPS) is 36.8. The van der Waals surface area contributed by atoms with Crippen molar-refractivity contribution in [1.82, 2.24) is 0 Å². The van der Waals surface area contributed by atoms with Crippen LogP contribution in [-0.4, -0.2) is 18.8 Å². The Bertz CT molecular complexity index is 65.1. The first-order chi connectivity index (χ1) is 3.83. The SMILES string of the molecule is CCC1(CN)CCO1. The Morgan fingerprint density at radius 3 is 2.38 bits per heavy atom. The molecule has 1 rings (SSSR count). The summed E-state index contributed by atoms with van der Waals surface area (Å²) in [5, 5.41) is 0. The molecular weight excluding hydrogens is 102 g/mol. The van der Waals surface area contributed by atoms with Gasteiger partial charge >= 0.3 is 0 Å². The maximum atomic E-state index is 5.45. The van der Waals surface area contributed by atoms with Crippen molar-refractivity contribution in [2.75, 3.05) is 13.2 Å². The molecule has 0 bridgehead atoms. The fourth-order valence-corrected chi connectivity index (χ4v) is 0.975. The van der Waals surface area contributed by atoms with Crippen LogP contribution < -0.4 is 5.73 Å². The lowest BCUT2D eigenvalue weighted by Gasteiger charge is -2.40. The quantitative estimate of drug-likeness (QED) is 0.569. The van der Waals surface area contributed by atoms with Crippen LogP contribution in [0.1, 0.15) is 19.8 Å². The van der Waals surface area contributed by atoms with E-state index in [-0.39, 0.29) is 5.60 Å². The van der Waals surface area contributed by atoms with Crippen molar-refractivity contribution in [3.05, 3.63) is 0 Å². The van der Waals surface area contributed by atoms with Crippen LogP contribution in [0.3, 0.4) is 0 Å². The summed E-state index contributed by atoms with van der Waals surface area (Å²) in [6.07, 6.45) is 2.21. The van der Waals surface area contributed by atoms with Gasteiger partial charge in [0.1, 0.15) is 0 Å². The van der Waals surface area contributed by atoms with Gasteiger partial charge in [-0.25, -0.2) is 0 Å². The van der Waals surface area contributed by atoms with Gasteiger partial charge in [-0.1, -0.05) is 6.92 Å². The first kappa shape index (κ1) is 6.05. The molecule has 0 saturated carbocycles. The highest BCUT2D eigenvalue weighted by Gasteiger charge is 2.34. The van der Waals surface area contributed by atoms with Gasteiger partial charge in [0.2, 0.25) is 0 Å². The van der Waals surface area contributed by atoms with E-state index in [1.54, 1.807) is 0 Å². The van der Waals surface area contributed by atoms with Gasteiger partial charge in [0.15, 0.2) is 0 Å². The lowest BCUT2D eigenvalue weighted by Crippen LogP contribution is -2.49. The molecule has 0 aromatic carbocycles. The summed E-state index contributed by atoms with van der Waals surface area (Å²) in [6, 6.07) is 0. The molecule has 0 radical (unpaired) electrons. The third-order valence-corrected chi connectivity index (χ3v) is 1.98. The maximum Gasteiger partial charge on any atom is 0.0823 e. The molecule has 48 valence electrons. The minimum Gasteiger partial charge on any atom is -0.373 e. The molecule has 2 nitrogen and oxygen atoms in total. The van der Waals surface area contributed by atoms with Gasteiger partial charge in [0.05, 0.1) is 12.2 Å². The molecule has 0 amide bonds. The van der Waals surface area contributed by atoms with Crippen molar-refractivity contribution in [1.29, 1.82) is 0 Å². The van der Waals surface area contributed by atoms with Gasteiger partial charge in [-0.15, -0.1) is 0 Å². The highest BCUT2D eigenvalue weighted by Crippen LogP contribution is 2.27. The molecule has 2 heteroatoms. The van der Waals surface area contributed by atoms with Crippen molar-refractivity contribution in [3.63, 3.8) is 0 Å². The van der Waals surface area contributed by atoms with E-state index in [4.69, 9.17) is 10.5 Å². The van der Waals surface area contributed by atoms with Gasteiger partial charge in [-0.2, -0.15) is 0 Å². The van der Waals surface area contributed by atoms with E-state index in [9.17, 15) is 0 Å². The minimum absolute atomic E-state index is 0.0833. The van der Waals surface area contributed by atoms with Crippen LogP contribution in [0.15, 0.2) is 0 Å². The average molecular weight is 115 g/mol. The molecule has 1 atom stereocenters. The third-order valence-electron chi connectivity index (χ3n) is 1.98. The van der Waals surface area contributed by atoms with E-state index in [0.717, 1.165) is 19.4 Å². The summed E-state index contributed by atoms with van der Waals surface area (Å²) >= 11 is 0. The summed E-state index contributed by atoms with van der Waals surface area (Å²) in [5.74, 6) is 0. The second-order valence-electron chi connectivity index (χ2n) is 2.34. The van der Waals surface area contributed by atoms with Crippen molar-refractivity contribution in [2.24, 2.45) is 5.73 Å². The van der Waals surface area contributed by atoms with Gasteiger partial charge in [-0.3, -0.25) is 0 Å². The standard InChI is InChI=1S/C6H13NO/c1-2-6(5-7)3-4-8-6/h2-5,7H2,1H3. The summed E-state index contributed by atoms with van der Waals surface area (Å²) < 4.78 is 5.29. The molecule has 1 aliphatic rings. The van der Waals surface area contributed by atoms with E-state index in [1.807, 2.05) is 0 Å². The van der Waals surface area contributed by atoms with Crippen molar-refractivity contribution >= 4 is 0 Å². The zero-order valence-corrected chi connectivity index (χ0v) is 5.31. The first-order valence-electron chi connectivity index (χ1n) is 3.17. The topological polar surface area (TPSA) is 35.2 Å². The Balaban J connectivity index is 2.33. The van der Waals surface area contributed by atoms with Gasteiger partial charge < -0.3 is 10.5 Å². The number of hydrogen-bond donors (Lipinski definition) is 1. The highest BCUT2D eigenvalue weighted by atomic mass is 16.5. The monoisotopic (exact) mass is 115 g/mol. The van der Waals surface area contributed by atoms with Crippen LogP contribution in [0.4, 0.5) is 0 Å². The predicted octanol–water partition coefficient (Wildman–Crippen LogP) is 0.514. The Labute approximate surface area is 50.0 Å². The number of nitrogens with two attached hydrogens (primary N) is 1. The smallest absolute Gasteiger partial charge is 0.0823 e. The molecule has 1 saturated heterocycles. The Morgan fingerprint density at radius 2 is 2.38 bits per heavy atom. The Morgan fingerprint density at radius 1 is 1.75 bits per heavy atom. The molecule has 1 aliphatic heterocycles. The molecule has 0 aromatic rings. The van der Waals surface area contributed by atoms with Crippen LogP contribution in [-0.2, 0) is 4.74 Å². The summed E-state index contributed by atoms with van der Waals surface area (Å²) in [7, 11) is 0. The summed E-state index contributed by atoms with van der Waals surface area (Å²) in [6.45, 7) is 3.71. The van der Waals surface area contributed by atoms with E-state index in [0.29, 0.717) is 6.54 Å². The first-order valence-corrected chi connectivity index (χ1v) is 3.17. The van der Waals surface area contributed by atoms with Gasteiger partial charge in [0, 0.05) is 13.0 Å². The largest absolute Gasteiger partial charge is 0.373 e. The average Bonchev–Trinajstić information content (AvgIpc) is 1.67. The molecule has 1 heterocycles. The lowest BCUT2D eigenvalue weighted by atomic mass is 9.92. The molecule has 1 unspecified atom stereocenters. The second-order valence-corrected chi connectivity index (χ2v) is 2.34. The molecular formula is C6H13NO. The Kier molecular flexibility index (Phi) is 1.54. The van der Waals surface area contributed by atoms with Crippen LogP contribution in [0.2, 0.25) is 0 Å². The molecule has 1 fully saturated rings. The zero-order valence-electron chi connectivity index (χ0n) is 5.31. The third kappa shape index (κ3) is 0.740. The van der Waals surface area contributed by atoms with Crippen molar-refractivity contribution in [2.45, 2.75) is 25.4 Å². The fraction of sp³-hybridized carbons (Fsp3) is 1.00. The number of ether oxygens (including phenoxy) is 1. The van der Waals surface area contributed by atoms with Crippen molar-refractivity contribution < 1.29 is 4.74 Å². The van der Waals surface area contributed by atoms with Gasteiger partial charge in [0.25, 0.3) is 0 Å². The van der Waals surface area contributed by atoms with Crippen LogP contribution in [0, 0.1) is 0 Å². The maximum absolute atomic E-state index is 5.45. The van der Waals surface area contributed by atoms with Crippen LogP contribution in [0.5, 0.6) is 0 Å². The van der Waals surface area contributed by atoms with E-state index < -0.39 is 0 Å². The van der Waals surface area contributed by atoms with Crippen molar-refractivity contribution in [3.8, 4) is 0 Å². The molecule has 0 aliphatic carbocycles. The van der Waals surface area contributed by atoms with E-state index in [2.05, 4.69) is 6.92 Å². The van der Waals surface area contributed by atoms with Crippen LogP contribution >= 0.6 is 0 Å². The lowest BCUT2D eigenvalue weighted by molar-refractivity contribution is -0.141. The summed E-state index contributed by atoms with van der Waals surface area (Å²) in [4.78, 5) is 0. The molecule has 8 heavy (non-hydrogen) atoms. The molecule has 2 N–H and O–H groups in total. The van der Waals surface area contributed by atoms with Gasteiger partial charge in [-0.05, 0) is 6.42 Å². The van der Waals surface area contributed by atoms with E-state index >= 15 is 0 Å². The second kappa shape index (κ2) is 2.03. The number of rotatable bonds is 2. The molecule has 0 aromatic heterocycles. The fourth-order valence-electron chi connectivity index (χ4n) is 0.975. The number of hydrogen-bond acceptors (Lipinski definition) is 2. The predicted molar refractivity (Wildman–Crippen MR) is 32.6 cm³/mol. The highest BCUT2D eigenvalue weighted by molar-refractivity contribution is 4.86. The van der Waals surface area contributed by atoms with E-state index in [1.165, 1.54) is 0 Å². The van der Waals surface area contributed by atoms with Crippen LogP contribution in [0.25, 0.3) is 0 Å². The molecule has 0 spiro atoms. The summed E-state index contributed by atoms with van der Waals surface area (Å²) in [5.41, 5.74) is 5.54.